The van der Waals surface area contributed by atoms with Crippen LogP contribution in [0.2, 0.25) is 0 Å². The van der Waals surface area contributed by atoms with Gasteiger partial charge in [0.25, 0.3) is 0 Å². The Hall–Kier alpha value is -3.04. The summed E-state index contributed by atoms with van der Waals surface area (Å²) in [6.45, 7) is 2.00. The summed E-state index contributed by atoms with van der Waals surface area (Å²) in [5.74, 6) is 0.785. The molecular formula is C23H24N4O4S. The van der Waals surface area contributed by atoms with Crippen LogP contribution >= 0.6 is 0 Å². The van der Waals surface area contributed by atoms with Crippen molar-refractivity contribution >= 4 is 33.7 Å². The number of benzene rings is 1. The summed E-state index contributed by atoms with van der Waals surface area (Å²) in [6.07, 6.45) is 6.01. The minimum atomic E-state index is -3.49. The Labute approximate surface area is 187 Å². The highest BCUT2D eigenvalue weighted by Gasteiger charge is 2.45. The van der Waals surface area contributed by atoms with Crippen molar-refractivity contribution in [2.45, 2.75) is 17.7 Å². The van der Waals surface area contributed by atoms with Crippen molar-refractivity contribution in [2.75, 3.05) is 31.5 Å². The maximum absolute atomic E-state index is 12.9. The summed E-state index contributed by atoms with van der Waals surface area (Å²) in [5.41, 5.74) is 1.78. The number of carbonyl (C=O) groups is 2. The molecule has 0 saturated carbocycles. The first-order valence-corrected chi connectivity index (χ1v) is 12.1. The SMILES string of the molecule is O=C1CCc2cc(C=CC(=O)N3C[C@@H]4CN(S(=O)(=O)c5ccccc5)C[C@@H]4C3)cnc2N1. The van der Waals surface area contributed by atoms with E-state index in [0.29, 0.717) is 49.7 Å². The highest BCUT2D eigenvalue weighted by molar-refractivity contribution is 7.89. The molecule has 1 aromatic heterocycles. The van der Waals surface area contributed by atoms with Gasteiger partial charge in [-0.15, -0.1) is 0 Å². The number of anilines is 1. The van der Waals surface area contributed by atoms with Crippen LogP contribution in [0.25, 0.3) is 6.08 Å². The number of hydrogen-bond donors (Lipinski definition) is 1. The van der Waals surface area contributed by atoms with Crippen LogP contribution in [0, 0.1) is 11.8 Å². The summed E-state index contributed by atoms with van der Waals surface area (Å²) in [6, 6.07) is 10.4. The molecule has 9 heteroatoms. The van der Waals surface area contributed by atoms with Gasteiger partial charge in [-0.05, 0) is 53.7 Å². The molecule has 2 amide bonds. The van der Waals surface area contributed by atoms with E-state index in [0.717, 1.165) is 11.1 Å². The molecule has 2 fully saturated rings. The van der Waals surface area contributed by atoms with Gasteiger partial charge < -0.3 is 10.2 Å². The normalized spacial score (nSPS) is 23.2. The zero-order valence-electron chi connectivity index (χ0n) is 17.5. The highest BCUT2D eigenvalue weighted by Crippen LogP contribution is 2.34. The van der Waals surface area contributed by atoms with Gasteiger partial charge in [0.2, 0.25) is 21.8 Å². The summed E-state index contributed by atoms with van der Waals surface area (Å²) in [4.78, 5) is 30.5. The molecule has 5 rings (SSSR count). The second kappa shape index (κ2) is 8.14. The molecule has 0 aliphatic carbocycles. The Morgan fingerprint density at radius 2 is 1.78 bits per heavy atom. The zero-order valence-corrected chi connectivity index (χ0v) is 18.3. The van der Waals surface area contributed by atoms with Gasteiger partial charge in [0, 0.05) is 44.9 Å². The van der Waals surface area contributed by atoms with Crippen LogP contribution in [0.5, 0.6) is 0 Å². The van der Waals surface area contributed by atoms with E-state index in [2.05, 4.69) is 10.3 Å². The predicted octanol–water partition coefficient (Wildman–Crippen LogP) is 1.76. The Kier molecular flexibility index (Phi) is 5.30. The fourth-order valence-corrected chi connectivity index (χ4v) is 6.28. The van der Waals surface area contributed by atoms with Gasteiger partial charge in [0.1, 0.15) is 5.82 Å². The number of rotatable bonds is 4. The molecule has 3 aliphatic rings. The van der Waals surface area contributed by atoms with E-state index in [1.807, 2.05) is 6.07 Å². The van der Waals surface area contributed by atoms with E-state index in [1.165, 1.54) is 0 Å². The van der Waals surface area contributed by atoms with E-state index >= 15 is 0 Å². The van der Waals surface area contributed by atoms with E-state index in [9.17, 15) is 18.0 Å². The van der Waals surface area contributed by atoms with Gasteiger partial charge in [-0.2, -0.15) is 4.31 Å². The van der Waals surface area contributed by atoms with Gasteiger partial charge in [-0.3, -0.25) is 9.59 Å². The lowest BCUT2D eigenvalue weighted by molar-refractivity contribution is -0.125. The van der Waals surface area contributed by atoms with Crippen LogP contribution in [0.4, 0.5) is 5.82 Å². The third-order valence-electron chi connectivity index (χ3n) is 6.43. The average Bonchev–Trinajstić information content (AvgIpc) is 3.38. The second-order valence-electron chi connectivity index (χ2n) is 8.56. The summed E-state index contributed by atoms with van der Waals surface area (Å²) < 4.78 is 27.3. The predicted molar refractivity (Wildman–Crippen MR) is 119 cm³/mol. The number of aromatic nitrogens is 1. The molecule has 2 atom stereocenters. The molecule has 2 saturated heterocycles. The van der Waals surface area contributed by atoms with Gasteiger partial charge >= 0.3 is 0 Å². The number of carbonyl (C=O) groups excluding carboxylic acids is 2. The fourth-order valence-electron chi connectivity index (χ4n) is 4.71. The number of sulfonamides is 1. The Morgan fingerprint density at radius 1 is 1.06 bits per heavy atom. The molecule has 0 spiro atoms. The maximum atomic E-state index is 12.9. The van der Waals surface area contributed by atoms with E-state index in [-0.39, 0.29) is 23.7 Å². The smallest absolute Gasteiger partial charge is 0.246 e. The number of nitrogens with zero attached hydrogens (tertiary/aromatic N) is 3. The molecule has 8 nitrogen and oxygen atoms in total. The van der Waals surface area contributed by atoms with Gasteiger partial charge in [-0.1, -0.05) is 18.2 Å². The van der Waals surface area contributed by atoms with Crippen molar-refractivity contribution in [2.24, 2.45) is 11.8 Å². The number of nitrogens with one attached hydrogen (secondary N) is 1. The van der Waals surface area contributed by atoms with Gasteiger partial charge in [-0.25, -0.2) is 13.4 Å². The topological polar surface area (TPSA) is 99.7 Å². The molecule has 0 bridgehead atoms. The molecule has 4 heterocycles. The molecule has 3 aliphatic heterocycles. The summed E-state index contributed by atoms with van der Waals surface area (Å²) in [7, 11) is -3.49. The Balaban J connectivity index is 1.20. The van der Waals surface area contributed by atoms with Crippen molar-refractivity contribution in [1.29, 1.82) is 0 Å². The fraction of sp³-hybridized carbons (Fsp3) is 0.348. The molecule has 32 heavy (non-hydrogen) atoms. The van der Waals surface area contributed by atoms with E-state index in [4.69, 9.17) is 0 Å². The third-order valence-corrected chi connectivity index (χ3v) is 8.28. The van der Waals surface area contributed by atoms with Crippen molar-refractivity contribution in [1.82, 2.24) is 14.2 Å². The van der Waals surface area contributed by atoms with Crippen molar-refractivity contribution in [3.63, 3.8) is 0 Å². The van der Waals surface area contributed by atoms with Crippen LogP contribution in [0.3, 0.4) is 0 Å². The minimum Gasteiger partial charge on any atom is -0.338 e. The zero-order chi connectivity index (χ0) is 22.3. The Bertz CT molecular complexity index is 1180. The number of hydrogen-bond acceptors (Lipinski definition) is 5. The summed E-state index contributed by atoms with van der Waals surface area (Å²) >= 11 is 0. The molecule has 0 radical (unpaired) electrons. The van der Waals surface area contributed by atoms with Crippen molar-refractivity contribution < 1.29 is 18.0 Å². The molecule has 1 aromatic carbocycles. The quantitative estimate of drug-likeness (QED) is 0.713. The lowest BCUT2D eigenvalue weighted by atomic mass is 10.0. The first-order valence-electron chi connectivity index (χ1n) is 10.7. The molecular weight excluding hydrogens is 428 g/mol. The molecule has 0 unspecified atom stereocenters. The van der Waals surface area contributed by atoms with Gasteiger partial charge in [0.05, 0.1) is 4.90 Å². The van der Waals surface area contributed by atoms with Crippen LogP contribution in [0.15, 0.2) is 53.6 Å². The van der Waals surface area contributed by atoms with Crippen LogP contribution in [-0.4, -0.2) is 60.6 Å². The molecule has 2 aromatic rings. The first kappa shape index (κ1) is 20.8. The Morgan fingerprint density at radius 3 is 2.50 bits per heavy atom. The maximum Gasteiger partial charge on any atom is 0.246 e. The number of aryl methyl sites for hydroxylation is 1. The first-order chi connectivity index (χ1) is 15.4. The van der Waals surface area contributed by atoms with Crippen LogP contribution < -0.4 is 5.32 Å². The molecule has 1 N–H and O–H groups in total. The number of amides is 2. The van der Waals surface area contributed by atoms with Crippen LogP contribution in [-0.2, 0) is 26.0 Å². The van der Waals surface area contributed by atoms with Crippen molar-refractivity contribution in [3.8, 4) is 0 Å². The molecule has 166 valence electrons. The van der Waals surface area contributed by atoms with Gasteiger partial charge in [0.15, 0.2) is 0 Å². The number of fused-ring (bicyclic) bond motifs is 2. The second-order valence-corrected chi connectivity index (χ2v) is 10.5. The number of likely N-dealkylation sites (tertiary alicyclic amines) is 1. The standard InChI is InChI=1S/C23H24N4O4S/c28-21-8-7-17-10-16(11-24-23(17)25-21)6-9-22(29)26-12-18-14-27(15-19(18)13-26)32(30,31)20-4-2-1-3-5-20/h1-6,9-11,18-19H,7-8,12-15H2,(H,24,25,28)/t18-,19+. The number of pyridine rings is 1. The highest BCUT2D eigenvalue weighted by atomic mass is 32.2. The third kappa shape index (κ3) is 3.93. The monoisotopic (exact) mass is 452 g/mol. The summed E-state index contributed by atoms with van der Waals surface area (Å²) in [5, 5.41) is 2.75. The average molecular weight is 453 g/mol. The lowest BCUT2D eigenvalue weighted by Crippen LogP contribution is -2.35. The minimum absolute atomic E-state index is 0.0295. The van der Waals surface area contributed by atoms with E-state index < -0.39 is 10.0 Å². The lowest BCUT2D eigenvalue weighted by Gasteiger charge is -2.21. The van der Waals surface area contributed by atoms with E-state index in [1.54, 1.807) is 57.9 Å². The largest absolute Gasteiger partial charge is 0.338 e. The van der Waals surface area contributed by atoms with Crippen molar-refractivity contribution in [3.05, 3.63) is 59.8 Å². The van der Waals surface area contributed by atoms with Crippen LogP contribution in [0.1, 0.15) is 17.5 Å².